The van der Waals surface area contributed by atoms with Crippen molar-refractivity contribution in [2.24, 2.45) is 0 Å². The van der Waals surface area contributed by atoms with Gasteiger partial charge in [-0.2, -0.15) is 0 Å². The van der Waals surface area contributed by atoms with Crippen LogP contribution < -0.4 is 16.2 Å². The number of benzene rings is 1. The number of para-hydroxylation sites is 1. The second-order valence-electron chi connectivity index (χ2n) is 7.74. The quantitative estimate of drug-likeness (QED) is 0.774. The van der Waals surface area contributed by atoms with Crippen molar-refractivity contribution in [1.82, 2.24) is 9.55 Å². The molecule has 2 aliphatic rings. The third-order valence-corrected chi connectivity index (χ3v) is 5.76. The molecule has 1 saturated carbocycles. The lowest BCUT2D eigenvalue weighted by molar-refractivity contribution is -0.144. The summed E-state index contributed by atoms with van der Waals surface area (Å²) in [6.45, 7) is 1.98. The van der Waals surface area contributed by atoms with Crippen LogP contribution in [0.2, 0.25) is 0 Å². The molecule has 1 aromatic carbocycles. The number of aromatic nitrogens is 2. The first-order valence-corrected chi connectivity index (χ1v) is 9.84. The molecule has 7 heteroatoms. The highest BCUT2D eigenvalue weighted by molar-refractivity contribution is 5.75. The van der Waals surface area contributed by atoms with Gasteiger partial charge in [0.05, 0.1) is 13.3 Å². The first kappa shape index (κ1) is 18.5. The number of carbonyl (C=O) groups is 1. The van der Waals surface area contributed by atoms with E-state index in [4.69, 9.17) is 4.74 Å². The fourth-order valence-electron chi connectivity index (χ4n) is 4.36. The van der Waals surface area contributed by atoms with Gasteiger partial charge < -0.3 is 15.4 Å². The van der Waals surface area contributed by atoms with Crippen molar-refractivity contribution in [3.63, 3.8) is 0 Å². The minimum absolute atomic E-state index is 0.0526. The van der Waals surface area contributed by atoms with E-state index < -0.39 is 6.04 Å². The molecule has 2 N–H and O–H groups in total. The van der Waals surface area contributed by atoms with Crippen molar-refractivity contribution < 1.29 is 9.53 Å². The second-order valence-corrected chi connectivity index (χ2v) is 7.74. The van der Waals surface area contributed by atoms with Crippen molar-refractivity contribution in [2.75, 3.05) is 17.7 Å². The van der Waals surface area contributed by atoms with Gasteiger partial charge in [-0.1, -0.05) is 25.1 Å². The summed E-state index contributed by atoms with van der Waals surface area (Å²) >= 11 is 0. The van der Waals surface area contributed by atoms with E-state index in [1.807, 2.05) is 25.1 Å². The zero-order chi connectivity index (χ0) is 19.7. The van der Waals surface area contributed by atoms with Crippen LogP contribution in [-0.4, -0.2) is 34.7 Å². The summed E-state index contributed by atoms with van der Waals surface area (Å²) in [5.74, 6) is 0.317. The van der Waals surface area contributed by atoms with E-state index in [2.05, 4.69) is 27.8 Å². The molecule has 0 unspecified atom stereocenters. The Kier molecular flexibility index (Phi) is 5.07. The SMILES string of the molecule is COC(=O)[C@@H]1C[C@@H](C)c2ncc(N[C@@H]3CC[C@@H](Nc4ccccc4)C3)c(=O)n21. The molecule has 1 fully saturated rings. The normalized spacial score (nSPS) is 25.9. The van der Waals surface area contributed by atoms with Crippen molar-refractivity contribution in [2.45, 2.75) is 56.7 Å². The number of esters is 1. The van der Waals surface area contributed by atoms with Crippen LogP contribution in [0.25, 0.3) is 0 Å². The monoisotopic (exact) mass is 382 g/mol. The van der Waals surface area contributed by atoms with Gasteiger partial charge in [-0.25, -0.2) is 9.78 Å². The van der Waals surface area contributed by atoms with Gasteiger partial charge in [0.2, 0.25) is 0 Å². The zero-order valence-electron chi connectivity index (χ0n) is 16.2. The van der Waals surface area contributed by atoms with Gasteiger partial charge in [-0.05, 0) is 37.8 Å². The highest BCUT2D eigenvalue weighted by Gasteiger charge is 2.36. The largest absolute Gasteiger partial charge is 0.467 e. The first-order valence-electron chi connectivity index (χ1n) is 9.84. The third-order valence-electron chi connectivity index (χ3n) is 5.76. The van der Waals surface area contributed by atoms with Crippen molar-refractivity contribution in [3.05, 3.63) is 52.7 Å². The number of rotatable bonds is 5. The number of methoxy groups -OCH3 is 1. The molecule has 0 bridgehead atoms. The molecule has 0 saturated heterocycles. The van der Waals surface area contributed by atoms with Crippen LogP contribution in [0.3, 0.4) is 0 Å². The highest BCUT2D eigenvalue weighted by Crippen LogP contribution is 2.34. The van der Waals surface area contributed by atoms with E-state index >= 15 is 0 Å². The number of hydrogen-bond donors (Lipinski definition) is 2. The maximum absolute atomic E-state index is 13.0. The molecule has 148 valence electrons. The molecule has 1 aliphatic carbocycles. The van der Waals surface area contributed by atoms with Gasteiger partial charge in [0.15, 0.2) is 0 Å². The molecular formula is C21H26N4O3. The lowest BCUT2D eigenvalue weighted by Crippen LogP contribution is -2.32. The van der Waals surface area contributed by atoms with E-state index in [1.54, 1.807) is 6.20 Å². The number of fused-ring (bicyclic) bond motifs is 1. The standard InChI is InChI=1S/C21H26N4O3/c1-13-10-18(21(27)28-2)25-19(13)22-12-17(20(25)26)24-16-9-8-15(11-16)23-14-6-4-3-5-7-14/h3-7,12-13,15-16,18,23-24H,8-11H2,1-2H3/t13-,15-,16-,18+/m1/s1. The molecule has 4 rings (SSSR count). The summed E-state index contributed by atoms with van der Waals surface area (Å²) in [5.41, 5.74) is 1.38. The Balaban J connectivity index is 1.48. The summed E-state index contributed by atoms with van der Waals surface area (Å²) in [5, 5.41) is 6.91. The Morgan fingerprint density at radius 3 is 2.57 bits per heavy atom. The van der Waals surface area contributed by atoms with E-state index in [0.29, 0.717) is 24.0 Å². The summed E-state index contributed by atoms with van der Waals surface area (Å²) in [4.78, 5) is 29.6. The third kappa shape index (κ3) is 3.48. The number of nitrogens with zero attached hydrogens (tertiary/aromatic N) is 2. The fourth-order valence-corrected chi connectivity index (χ4v) is 4.36. The maximum Gasteiger partial charge on any atom is 0.329 e. The molecular weight excluding hydrogens is 356 g/mol. The second kappa shape index (κ2) is 7.66. The molecule has 1 aliphatic heterocycles. The summed E-state index contributed by atoms with van der Waals surface area (Å²) in [7, 11) is 1.35. The van der Waals surface area contributed by atoms with Crippen molar-refractivity contribution in [1.29, 1.82) is 0 Å². The lowest BCUT2D eigenvalue weighted by Gasteiger charge is -2.18. The van der Waals surface area contributed by atoms with Crippen molar-refractivity contribution in [3.8, 4) is 0 Å². The minimum Gasteiger partial charge on any atom is -0.467 e. The summed E-state index contributed by atoms with van der Waals surface area (Å²) in [6, 6.07) is 10.1. The number of nitrogens with one attached hydrogen (secondary N) is 2. The predicted octanol–water partition coefficient (Wildman–Crippen LogP) is 2.91. The Bertz CT molecular complexity index is 912. The smallest absolute Gasteiger partial charge is 0.329 e. The Hall–Kier alpha value is -2.83. The number of anilines is 2. The maximum atomic E-state index is 13.0. The van der Waals surface area contributed by atoms with Crippen LogP contribution in [0.5, 0.6) is 0 Å². The van der Waals surface area contributed by atoms with Crippen LogP contribution in [-0.2, 0) is 9.53 Å². The highest BCUT2D eigenvalue weighted by atomic mass is 16.5. The first-order chi connectivity index (χ1) is 13.6. The average Bonchev–Trinajstić information content (AvgIpc) is 3.28. The van der Waals surface area contributed by atoms with E-state index in [9.17, 15) is 9.59 Å². The summed E-state index contributed by atoms with van der Waals surface area (Å²) < 4.78 is 6.39. The molecule has 1 aromatic heterocycles. The Morgan fingerprint density at radius 1 is 1.14 bits per heavy atom. The van der Waals surface area contributed by atoms with E-state index in [1.165, 1.54) is 11.7 Å². The van der Waals surface area contributed by atoms with E-state index in [-0.39, 0.29) is 23.5 Å². The molecule has 7 nitrogen and oxygen atoms in total. The Morgan fingerprint density at radius 2 is 1.86 bits per heavy atom. The van der Waals surface area contributed by atoms with Gasteiger partial charge >= 0.3 is 5.97 Å². The zero-order valence-corrected chi connectivity index (χ0v) is 16.2. The number of ether oxygens (including phenoxy) is 1. The van der Waals surface area contributed by atoms with Crippen LogP contribution in [0.15, 0.2) is 41.3 Å². The van der Waals surface area contributed by atoms with Crippen LogP contribution >= 0.6 is 0 Å². The summed E-state index contributed by atoms with van der Waals surface area (Å²) in [6.07, 6.45) is 5.09. The minimum atomic E-state index is -0.590. The molecule has 0 amide bonds. The predicted molar refractivity (Wildman–Crippen MR) is 108 cm³/mol. The van der Waals surface area contributed by atoms with E-state index in [0.717, 1.165) is 24.9 Å². The van der Waals surface area contributed by atoms with Crippen LogP contribution in [0, 0.1) is 0 Å². The van der Waals surface area contributed by atoms with Gasteiger partial charge in [0, 0.05) is 23.7 Å². The number of hydrogen-bond acceptors (Lipinski definition) is 6. The van der Waals surface area contributed by atoms with Crippen LogP contribution in [0.1, 0.15) is 50.4 Å². The average molecular weight is 382 g/mol. The number of carbonyl (C=O) groups excluding carboxylic acids is 1. The van der Waals surface area contributed by atoms with Gasteiger partial charge in [0.1, 0.15) is 17.6 Å². The van der Waals surface area contributed by atoms with Crippen molar-refractivity contribution >= 4 is 17.3 Å². The molecule has 0 spiro atoms. The fraction of sp³-hybridized carbons (Fsp3) is 0.476. The molecule has 28 heavy (non-hydrogen) atoms. The topological polar surface area (TPSA) is 85.2 Å². The van der Waals surface area contributed by atoms with Gasteiger partial charge in [0.25, 0.3) is 5.56 Å². The molecule has 0 radical (unpaired) electrons. The molecule has 2 aromatic rings. The molecule has 2 heterocycles. The Labute approximate surface area is 164 Å². The lowest BCUT2D eigenvalue weighted by atomic mass is 10.1. The van der Waals surface area contributed by atoms with Gasteiger partial charge in [-0.3, -0.25) is 9.36 Å². The van der Waals surface area contributed by atoms with Crippen LogP contribution in [0.4, 0.5) is 11.4 Å². The van der Waals surface area contributed by atoms with Gasteiger partial charge in [-0.15, -0.1) is 0 Å². The molecule has 4 atom stereocenters.